The van der Waals surface area contributed by atoms with Gasteiger partial charge in [0.1, 0.15) is 10.0 Å². The predicted molar refractivity (Wildman–Crippen MR) is 78.4 cm³/mol. The van der Waals surface area contributed by atoms with Crippen LogP contribution in [0, 0.1) is 5.92 Å². The molecule has 0 spiro atoms. The predicted octanol–water partition coefficient (Wildman–Crippen LogP) is 5.30. The van der Waals surface area contributed by atoms with Gasteiger partial charge >= 0.3 is 0 Å². The summed E-state index contributed by atoms with van der Waals surface area (Å²) in [6.45, 7) is 4.25. The minimum Gasteiger partial charge on any atom is -0.143 e. The molecule has 18 heavy (non-hydrogen) atoms. The molecule has 102 valence electrons. The summed E-state index contributed by atoms with van der Waals surface area (Å²) in [7, 11) is 0. The Kier molecular flexibility index (Phi) is 5.43. The van der Waals surface area contributed by atoms with Crippen molar-refractivity contribution in [2.75, 3.05) is 0 Å². The van der Waals surface area contributed by atoms with Gasteiger partial charge in [-0.05, 0) is 38.5 Å². The minimum atomic E-state index is -0.00265. The molecule has 1 saturated carbocycles. The van der Waals surface area contributed by atoms with Crippen LogP contribution in [0.3, 0.4) is 0 Å². The third kappa shape index (κ3) is 3.67. The fraction of sp³-hybridized carbons (Fsp3) is 0.857. The van der Waals surface area contributed by atoms with E-state index in [0.717, 1.165) is 10.9 Å². The maximum absolute atomic E-state index is 6.04. The molecule has 1 unspecified atom stereocenters. The van der Waals surface area contributed by atoms with Gasteiger partial charge in [0.15, 0.2) is 0 Å². The number of hydrogen-bond acceptors (Lipinski definition) is 3. The van der Waals surface area contributed by atoms with E-state index in [4.69, 9.17) is 11.6 Å². The Balaban J connectivity index is 1.85. The molecule has 1 aromatic heterocycles. The van der Waals surface area contributed by atoms with Crippen molar-refractivity contribution in [2.24, 2.45) is 5.92 Å². The van der Waals surface area contributed by atoms with Crippen molar-refractivity contribution in [1.29, 1.82) is 0 Å². The van der Waals surface area contributed by atoms with Crippen LogP contribution >= 0.6 is 22.9 Å². The monoisotopic (exact) mass is 286 g/mol. The highest BCUT2D eigenvalue weighted by molar-refractivity contribution is 7.11. The first-order valence-electron chi connectivity index (χ1n) is 7.18. The Morgan fingerprint density at radius 3 is 2.56 bits per heavy atom. The fourth-order valence-corrected chi connectivity index (χ4v) is 3.88. The maximum atomic E-state index is 6.04. The quantitative estimate of drug-likeness (QED) is 0.686. The summed E-state index contributed by atoms with van der Waals surface area (Å²) in [5.74, 6) is 1.60. The van der Waals surface area contributed by atoms with Crippen LogP contribution in [0.25, 0.3) is 0 Å². The molecule has 0 bridgehead atoms. The van der Waals surface area contributed by atoms with E-state index in [9.17, 15) is 0 Å². The fourth-order valence-electron chi connectivity index (χ4n) is 2.76. The lowest BCUT2D eigenvalue weighted by molar-refractivity contribution is 0.303. The van der Waals surface area contributed by atoms with Gasteiger partial charge in [-0.3, -0.25) is 0 Å². The standard InChI is InChI=1S/C14H23ClN2S/c1-3-4-5-11-6-8-12(9-7-11)14-17-16-13(18-14)10(2)15/h10-12H,3-9H2,1-2H3. The first kappa shape index (κ1) is 14.3. The van der Waals surface area contributed by atoms with Crippen LogP contribution in [-0.4, -0.2) is 10.2 Å². The lowest BCUT2D eigenvalue weighted by atomic mass is 9.80. The molecule has 2 rings (SSSR count). The molecule has 0 N–H and O–H groups in total. The number of unbranched alkanes of at least 4 members (excludes halogenated alkanes) is 1. The van der Waals surface area contributed by atoms with Crippen molar-refractivity contribution < 1.29 is 0 Å². The topological polar surface area (TPSA) is 25.8 Å². The van der Waals surface area contributed by atoms with Gasteiger partial charge < -0.3 is 0 Å². The van der Waals surface area contributed by atoms with Crippen molar-refractivity contribution in [2.45, 2.75) is 70.1 Å². The van der Waals surface area contributed by atoms with Gasteiger partial charge in [-0.1, -0.05) is 37.5 Å². The van der Waals surface area contributed by atoms with E-state index in [1.165, 1.54) is 50.0 Å². The van der Waals surface area contributed by atoms with Gasteiger partial charge in [0.25, 0.3) is 0 Å². The minimum absolute atomic E-state index is 0.00265. The van der Waals surface area contributed by atoms with Crippen LogP contribution in [0.15, 0.2) is 0 Å². The summed E-state index contributed by atoms with van der Waals surface area (Å²) in [5.41, 5.74) is 0. The van der Waals surface area contributed by atoms with E-state index in [1.807, 2.05) is 6.92 Å². The molecule has 1 heterocycles. The zero-order valence-electron chi connectivity index (χ0n) is 11.4. The zero-order valence-corrected chi connectivity index (χ0v) is 12.9. The normalized spacial score (nSPS) is 26.2. The number of hydrogen-bond donors (Lipinski definition) is 0. The summed E-state index contributed by atoms with van der Waals surface area (Å²) < 4.78 is 0. The van der Waals surface area contributed by atoms with Crippen LogP contribution < -0.4 is 0 Å². The first-order valence-corrected chi connectivity index (χ1v) is 8.43. The smallest absolute Gasteiger partial charge is 0.135 e. The number of nitrogens with zero attached hydrogens (tertiary/aromatic N) is 2. The van der Waals surface area contributed by atoms with Crippen molar-refractivity contribution in [1.82, 2.24) is 10.2 Å². The zero-order chi connectivity index (χ0) is 13.0. The Morgan fingerprint density at radius 1 is 1.28 bits per heavy atom. The molecule has 0 aliphatic heterocycles. The number of aromatic nitrogens is 2. The Labute approximate surface area is 119 Å². The molecule has 1 aliphatic rings. The van der Waals surface area contributed by atoms with Gasteiger partial charge in [-0.25, -0.2) is 0 Å². The summed E-state index contributed by atoms with van der Waals surface area (Å²) in [4.78, 5) is 0. The van der Waals surface area contributed by atoms with Crippen LogP contribution in [0.4, 0.5) is 0 Å². The third-order valence-electron chi connectivity index (χ3n) is 3.96. The Hall–Kier alpha value is -0.150. The second kappa shape index (κ2) is 6.85. The van der Waals surface area contributed by atoms with E-state index in [0.29, 0.717) is 5.92 Å². The number of alkyl halides is 1. The van der Waals surface area contributed by atoms with E-state index < -0.39 is 0 Å². The SMILES string of the molecule is CCCCC1CCC(c2nnc(C(C)Cl)s2)CC1. The number of rotatable bonds is 5. The average Bonchev–Trinajstić information content (AvgIpc) is 2.87. The summed E-state index contributed by atoms with van der Waals surface area (Å²) >= 11 is 7.76. The molecule has 1 atom stereocenters. The van der Waals surface area contributed by atoms with Gasteiger partial charge in [0.05, 0.1) is 5.38 Å². The Bertz CT molecular complexity index is 356. The molecule has 1 aromatic rings. The number of halogens is 1. The highest BCUT2D eigenvalue weighted by Crippen LogP contribution is 2.39. The summed E-state index contributed by atoms with van der Waals surface area (Å²) in [6.07, 6.45) is 9.46. The van der Waals surface area contributed by atoms with Crippen molar-refractivity contribution in [3.05, 3.63) is 10.0 Å². The summed E-state index contributed by atoms with van der Waals surface area (Å²) in [6, 6.07) is 0. The van der Waals surface area contributed by atoms with Crippen molar-refractivity contribution >= 4 is 22.9 Å². The van der Waals surface area contributed by atoms with Crippen LogP contribution in [0.5, 0.6) is 0 Å². The van der Waals surface area contributed by atoms with E-state index in [1.54, 1.807) is 11.3 Å². The van der Waals surface area contributed by atoms with Crippen LogP contribution in [0.2, 0.25) is 0 Å². The van der Waals surface area contributed by atoms with E-state index in [-0.39, 0.29) is 5.38 Å². The van der Waals surface area contributed by atoms with E-state index in [2.05, 4.69) is 17.1 Å². The lowest BCUT2D eigenvalue weighted by Crippen LogP contribution is -2.13. The van der Waals surface area contributed by atoms with Gasteiger partial charge in [-0.15, -0.1) is 21.8 Å². The van der Waals surface area contributed by atoms with Crippen LogP contribution in [0.1, 0.15) is 80.1 Å². The average molecular weight is 287 g/mol. The largest absolute Gasteiger partial charge is 0.143 e. The molecule has 0 aromatic carbocycles. The Morgan fingerprint density at radius 2 is 2.00 bits per heavy atom. The molecular weight excluding hydrogens is 264 g/mol. The van der Waals surface area contributed by atoms with E-state index >= 15 is 0 Å². The van der Waals surface area contributed by atoms with Crippen molar-refractivity contribution in [3.8, 4) is 0 Å². The highest BCUT2D eigenvalue weighted by Gasteiger charge is 2.25. The molecular formula is C14H23ClN2S. The molecule has 0 radical (unpaired) electrons. The van der Waals surface area contributed by atoms with Crippen LogP contribution in [-0.2, 0) is 0 Å². The second-order valence-electron chi connectivity index (χ2n) is 5.45. The highest BCUT2D eigenvalue weighted by atomic mass is 35.5. The van der Waals surface area contributed by atoms with Gasteiger partial charge in [0, 0.05) is 5.92 Å². The first-order chi connectivity index (χ1) is 8.70. The van der Waals surface area contributed by atoms with Gasteiger partial charge in [-0.2, -0.15) is 0 Å². The third-order valence-corrected chi connectivity index (χ3v) is 5.56. The van der Waals surface area contributed by atoms with Crippen molar-refractivity contribution in [3.63, 3.8) is 0 Å². The summed E-state index contributed by atoms with van der Waals surface area (Å²) in [5, 5.41) is 10.7. The molecule has 0 saturated heterocycles. The molecule has 2 nitrogen and oxygen atoms in total. The second-order valence-corrected chi connectivity index (χ2v) is 7.15. The lowest BCUT2D eigenvalue weighted by Gasteiger charge is -2.26. The molecule has 1 aliphatic carbocycles. The maximum Gasteiger partial charge on any atom is 0.135 e. The molecule has 0 amide bonds. The molecule has 4 heteroatoms. The van der Waals surface area contributed by atoms with Gasteiger partial charge in [0.2, 0.25) is 0 Å². The molecule has 1 fully saturated rings.